The molecule has 4 rings (SSSR count). The summed E-state index contributed by atoms with van der Waals surface area (Å²) in [6.45, 7) is 1.32. The van der Waals surface area contributed by atoms with Crippen molar-refractivity contribution in [2.75, 3.05) is 6.54 Å². The molecule has 29 heavy (non-hydrogen) atoms. The Bertz CT molecular complexity index is 1010. The molecule has 1 N–H and O–H groups in total. The monoisotopic (exact) mass is 446 g/mol. The first-order chi connectivity index (χ1) is 14.1. The third-order valence-electron chi connectivity index (χ3n) is 4.80. The summed E-state index contributed by atoms with van der Waals surface area (Å²) in [5.74, 6) is 0.722. The number of amides is 1. The van der Waals surface area contributed by atoms with Gasteiger partial charge in [0.25, 0.3) is 0 Å². The minimum absolute atomic E-state index is 0.0628. The highest BCUT2D eigenvalue weighted by Gasteiger charge is 2.26. The number of benzene rings is 2. The van der Waals surface area contributed by atoms with Crippen molar-refractivity contribution in [2.24, 2.45) is 0 Å². The van der Waals surface area contributed by atoms with Gasteiger partial charge >= 0.3 is 0 Å². The first kappa shape index (κ1) is 20.3. The van der Waals surface area contributed by atoms with Gasteiger partial charge in [0, 0.05) is 17.1 Å². The largest absolute Gasteiger partial charge is 0.355 e. The smallest absolute Gasteiger partial charge is 0.233 e. The highest BCUT2D eigenvalue weighted by molar-refractivity contribution is 8.00. The highest BCUT2D eigenvalue weighted by Crippen LogP contribution is 2.34. The first-order valence-corrected chi connectivity index (χ1v) is 11.1. The van der Waals surface area contributed by atoms with Crippen LogP contribution in [0, 0.1) is 0 Å². The van der Waals surface area contributed by atoms with E-state index in [4.69, 9.17) is 23.2 Å². The Morgan fingerprint density at radius 3 is 2.72 bits per heavy atom. The summed E-state index contributed by atoms with van der Waals surface area (Å²) in [5.41, 5.74) is 1.88. The quantitative estimate of drug-likeness (QED) is 0.594. The molecule has 1 saturated heterocycles. The second-order valence-corrected chi connectivity index (χ2v) is 8.91. The van der Waals surface area contributed by atoms with Crippen molar-refractivity contribution in [3.8, 4) is 11.4 Å². The van der Waals surface area contributed by atoms with Crippen LogP contribution in [0.1, 0.15) is 24.8 Å². The molecular weight excluding hydrogens is 427 g/mol. The van der Waals surface area contributed by atoms with Crippen LogP contribution >= 0.6 is 35.0 Å². The van der Waals surface area contributed by atoms with Gasteiger partial charge in [0.1, 0.15) is 0 Å². The van der Waals surface area contributed by atoms with Crippen molar-refractivity contribution >= 4 is 40.9 Å². The van der Waals surface area contributed by atoms with Gasteiger partial charge in [-0.2, -0.15) is 0 Å². The van der Waals surface area contributed by atoms with Crippen molar-refractivity contribution in [2.45, 2.75) is 36.2 Å². The summed E-state index contributed by atoms with van der Waals surface area (Å²) in [4.78, 5) is 12.4. The Balaban J connectivity index is 1.72. The molecule has 2 aromatic carbocycles. The number of hydrogen-bond acceptors (Lipinski definition) is 4. The van der Waals surface area contributed by atoms with E-state index in [0.717, 1.165) is 36.9 Å². The Labute approximate surface area is 183 Å². The lowest BCUT2D eigenvalue weighted by Crippen LogP contribution is -2.30. The maximum absolute atomic E-state index is 12.4. The van der Waals surface area contributed by atoms with E-state index in [2.05, 4.69) is 27.6 Å². The average Bonchev–Trinajstić information content (AvgIpc) is 2.97. The molecule has 1 fully saturated rings. The van der Waals surface area contributed by atoms with Gasteiger partial charge in [-0.15, -0.1) is 10.2 Å². The zero-order valence-corrected chi connectivity index (χ0v) is 18.0. The Morgan fingerprint density at radius 2 is 1.93 bits per heavy atom. The number of thioether (sulfide) groups is 1. The van der Waals surface area contributed by atoms with Gasteiger partial charge in [-0.25, -0.2) is 0 Å². The minimum atomic E-state index is -0.176. The summed E-state index contributed by atoms with van der Waals surface area (Å²) in [7, 11) is 0. The Morgan fingerprint density at radius 1 is 1.10 bits per heavy atom. The normalized spacial score (nSPS) is 17.0. The number of nitrogens with zero attached hydrogens (tertiary/aromatic N) is 3. The number of carbonyl (C=O) groups excluding carboxylic acids is 1. The third kappa shape index (κ3) is 4.77. The molecule has 0 aliphatic carbocycles. The van der Waals surface area contributed by atoms with Gasteiger partial charge in [0.2, 0.25) is 5.91 Å². The molecule has 5 nitrogen and oxygen atoms in total. The molecule has 0 spiro atoms. The molecule has 2 heterocycles. The van der Waals surface area contributed by atoms with Crippen LogP contribution in [-0.4, -0.2) is 32.5 Å². The fraction of sp³-hybridized carbons (Fsp3) is 0.286. The molecule has 150 valence electrons. The molecule has 0 saturated carbocycles. The topological polar surface area (TPSA) is 59.8 Å². The van der Waals surface area contributed by atoms with Gasteiger partial charge < -0.3 is 5.32 Å². The summed E-state index contributed by atoms with van der Waals surface area (Å²) >= 11 is 14.0. The predicted octanol–water partition coefficient (Wildman–Crippen LogP) is 5.06. The van der Waals surface area contributed by atoms with Gasteiger partial charge in [-0.1, -0.05) is 71.7 Å². The average molecular weight is 447 g/mol. The van der Waals surface area contributed by atoms with E-state index in [1.807, 2.05) is 28.8 Å². The van der Waals surface area contributed by atoms with E-state index in [1.165, 1.54) is 11.8 Å². The van der Waals surface area contributed by atoms with Crippen molar-refractivity contribution in [3.05, 3.63) is 64.1 Å². The van der Waals surface area contributed by atoms with Gasteiger partial charge in [0.05, 0.1) is 16.8 Å². The molecule has 1 atom stereocenters. The lowest BCUT2D eigenvalue weighted by atomic mass is 10.2. The Kier molecular flexibility index (Phi) is 6.43. The molecule has 1 aromatic heterocycles. The molecule has 1 amide bonds. The molecule has 0 radical (unpaired) electrons. The fourth-order valence-electron chi connectivity index (χ4n) is 3.31. The molecule has 1 aliphatic heterocycles. The van der Waals surface area contributed by atoms with Crippen LogP contribution in [-0.2, 0) is 11.3 Å². The lowest BCUT2D eigenvalue weighted by Gasteiger charge is -2.15. The van der Waals surface area contributed by atoms with E-state index in [-0.39, 0.29) is 11.2 Å². The highest BCUT2D eigenvalue weighted by atomic mass is 35.5. The van der Waals surface area contributed by atoms with Crippen LogP contribution in [0.2, 0.25) is 10.0 Å². The van der Waals surface area contributed by atoms with Crippen molar-refractivity contribution in [3.63, 3.8) is 0 Å². The number of carbonyl (C=O) groups is 1. The van der Waals surface area contributed by atoms with E-state index in [9.17, 15) is 4.79 Å². The van der Waals surface area contributed by atoms with Gasteiger partial charge in [-0.3, -0.25) is 9.36 Å². The minimum Gasteiger partial charge on any atom is -0.355 e. The molecule has 1 aliphatic rings. The maximum atomic E-state index is 12.4. The van der Waals surface area contributed by atoms with Crippen molar-refractivity contribution < 1.29 is 4.79 Å². The second kappa shape index (κ2) is 9.20. The third-order valence-corrected chi connectivity index (χ3v) is 6.60. The van der Waals surface area contributed by atoms with E-state index in [1.54, 1.807) is 12.1 Å². The van der Waals surface area contributed by atoms with Crippen LogP contribution in [0.3, 0.4) is 0 Å². The molecule has 1 unspecified atom stereocenters. The maximum Gasteiger partial charge on any atom is 0.233 e. The van der Waals surface area contributed by atoms with E-state index < -0.39 is 0 Å². The van der Waals surface area contributed by atoms with Crippen LogP contribution in [0.5, 0.6) is 0 Å². The number of aromatic nitrogens is 3. The molecule has 3 aromatic rings. The summed E-state index contributed by atoms with van der Waals surface area (Å²) < 4.78 is 2.02. The second-order valence-electron chi connectivity index (χ2n) is 6.90. The molecule has 0 bridgehead atoms. The fourth-order valence-corrected chi connectivity index (χ4v) is 4.89. The number of rotatable bonds is 5. The van der Waals surface area contributed by atoms with Crippen LogP contribution < -0.4 is 5.32 Å². The molecular formula is C21H20Cl2N4OS. The lowest BCUT2D eigenvalue weighted by molar-refractivity contribution is -0.120. The zero-order chi connectivity index (χ0) is 20.2. The molecule has 8 heteroatoms. The number of hydrogen-bond donors (Lipinski definition) is 1. The summed E-state index contributed by atoms with van der Waals surface area (Å²) in [5, 5.41) is 13.4. The zero-order valence-electron chi connectivity index (χ0n) is 15.6. The van der Waals surface area contributed by atoms with Gasteiger partial charge in [-0.05, 0) is 36.6 Å². The summed E-state index contributed by atoms with van der Waals surface area (Å²) in [6.07, 6.45) is 2.84. The van der Waals surface area contributed by atoms with Crippen LogP contribution in [0.25, 0.3) is 11.4 Å². The number of nitrogens with one attached hydrogen (secondary N) is 1. The Hall–Kier alpha value is -2.02. The first-order valence-electron chi connectivity index (χ1n) is 9.49. The predicted molar refractivity (Wildman–Crippen MR) is 118 cm³/mol. The van der Waals surface area contributed by atoms with E-state index in [0.29, 0.717) is 27.6 Å². The number of halogens is 2. The van der Waals surface area contributed by atoms with Crippen LogP contribution in [0.4, 0.5) is 0 Å². The standard InChI is InChI=1S/C21H20Cl2N4OS/c22-15-9-10-16(17(23)12-15)19-25-26-21(27(19)13-14-6-2-1-3-7-14)29-18-8-4-5-11-24-20(18)28/h1-3,6-7,9-10,12,18H,4-5,8,11,13H2,(H,24,28). The van der Waals surface area contributed by atoms with Crippen LogP contribution in [0.15, 0.2) is 53.7 Å². The van der Waals surface area contributed by atoms with Crippen molar-refractivity contribution in [1.82, 2.24) is 20.1 Å². The van der Waals surface area contributed by atoms with Crippen molar-refractivity contribution in [1.29, 1.82) is 0 Å². The SMILES string of the molecule is O=C1NCCCCC1Sc1nnc(-c2ccc(Cl)cc2Cl)n1Cc1ccccc1. The summed E-state index contributed by atoms with van der Waals surface area (Å²) in [6, 6.07) is 15.4. The van der Waals surface area contributed by atoms with E-state index >= 15 is 0 Å². The van der Waals surface area contributed by atoms with Gasteiger partial charge in [0.15, 0.2) is 11.0 Å².